The molecule has 0 aromatic heterocycles. The van der Waals surface area contributed by atoms with E-state index in [0.29, 0.717) is 0 Å². The summed E-state index contributed by atoms with van der Waals surface area (Å²) in [6.07, 6.45) is 7.72. The first-order valence-electron chi connectivity index (χ1n) is 6.36. The van der Waals surface area contributed by atoms with Crippen molar-refractivity contribution in [2.45, 2.75) is 51.5 Å². The van der Waals surface area contributed by atoms with Crippen LogP contribution < -0.4 is 5.32 Å². The molecular formula is C12H23NO3S. The highest BCUT2D eigenvalue weighted by Gasteiger charge is 2.22. The molecule has 1 fully saturated rings. The van der Waals surface area contributed by atoms with Crippen LogP contribution in [0.2, 0.25) is 0 Å². The second kappa shape index (κ2) is 6.38. The lowest BCUT2D eigenvalue weighted by Gasteiger charge is -2.18. The fourth-order valence-corrected chi connectivity index (χ4v) is 3.39. The number of sulfone groups is 1. The number of nitrogens with one attached hydrogen (secondary N) is 1. The molecule has 0 heterocycles. The molecule has 0 radical (unpaired) electrons. The summed E-state index contributed by atoms with van der Waals surface area (Å²) in [5, 5.41) is 2.82. The second-order valence-corrected chi connectivity index (χ2v) is 7.38. The van der Waals surface area contributed by atoms with E-state index in [2.05, 4.69) is 5.32 Å². The van der Waals surface area contributed by atoms with Gasteiger partial charge in [-0.2, -0.15) is 0 Å². The first kappa shape index (κ1) is 14.5. The Hall–Kier alpha value is -0.580. The van der Waals surface area contributed by atoms with Crippen LogP contribution in [-0.4, -0.2) is 32.4 Å². The van der Waals surface area contributed by atoms with Crippen LogP contribution in [0.25, 0.3) is 0 Å². The van der Waals surface area contributed by atoms with E-state index in [1.165, 1.54) is 19.1 Å². The van der Waals surface area contributed by atoms with Crippen molar-refractivity contribution < 1.29 is 13.2 Å². The predicted octanol–water partition coefficient (Wildman–Crippen LogP) is 1.51. The Morgan fingerprint density at radius 3 is 2.24 bits per heavy atom. The third-order valence-corrected chi connectivity index (χ3v) is 4.27. The molecule has 0 aliphatic heterocycles. The maximum absolute atomic E-state index is 11.9. The smallest absolute Gasteiger partial charge is 0.223 e. The molecule has 1 saturated carbocycles. The topological polar surface area (TPSA) is 63.2 Å². The average molecular weight is 261 g/mol. The lowest BCUT2D eigenvalue weighted by molar-refractivity contribution is -0.125. The van der Waals surface area contributed by atoms with Crippen LogP contribution in [0.5, 0.6) is 0 Å². The summed E-state index contributed by atoms with van der Waals surface area (Å²) < 4.78 is 22.2. The average Bonchev–Trinajstić information content (AvgIpc) is 2.41. The Labute approximate surface area is 104 Å². The second-order valence-electron chi connectivity index (χ2n) is 5.19. The van der Waals surface area contributed by atoms with E-state index < -0.39 is 9.84 Å². The van der Waals surface area contributed by atoms with Crippen LogP contribution in [0.3, 0.4) is 0 Å². The Kier molecular flexibility index (Phi) is 5.43. The van der Waals surface area contributed by atoms with Gasteiger partial charge in [0.05, 0.1) is 5.75 Å². The molecule has 0 unspecified atom stereocenters. The highest BCUT2D eigenvalue weighted by molar-refractivity contribution is 7.90. The fourth-order valence-electron chi connectivity index (χ4n) is 2.40. The first-order chi connectivity index (χ1) is 7.88. The van der Waals surface area contributed by atoms with Crippen LogP contribution in [0.1, 0.15) is 45.4 Å². The minimum absolute atomic E-state index is 0.0193. The molecule has 1 amide bonds. The van der Waals surface area contributed by atoms with Crippen molar-refractivity contribution in [1.29, 1.82) is 0 Å². The van der Waals surface area contributed by atoms with Crippen LogP contribution in [0, 0.1) is 5.92 Å². The van der Waals surface area contributed by atoms with E-state index in [1.54, 1.807) is 6.92 Å². The van der Waals surface area contributed by atoms with Gasteiger partial charge in [-0.3, -0.25) is 4.79 Å². The largest absolute Gasteiger partial charge is 0.352 e. The maximum atomic E-state index is 11.9. The first-order valence-corrected chi connectivity index (χ1v) is 8.42. The number of rotatable bonds is 4. The lowest BCUT2D eigenvalue weighted by atomic mass is 9.99. The zero-order valence-corrected chi connectivity index (χ0v) is 11.6. The van der Waals surface area contributed by atoms with Gasteiger partial charge in [-0.1, -0.05) is 25.7 Å². The van der Waals surface area contributed by atoms with E-state index in [9.17, 15) is 13.2 Å². The van der Waals surface area contributed by atoms with Crippen molar-refractivity contribution in [2.75, 3.05) is 12.0 Å². The van der Waals surface area contributed by atoms with Gasteiger partial charge >= 0.3 is 0 Å². The Balaban J connectivity index is 2.42. The highest BCUT2D eigenvalue weighted by atomic mass is 32.2. The Morgan fingerprint density at radius 1 is 1.24 bits per heavy atom. The van der Waals surface area contributed by atoms with Gasteiger partial charge < -0.3 is 5.32 Å². The zero-order chi connectivity index (χ0) is 12.9. The number of amides is 1. The summed E-state index contributed by atoms with van der Waals surface area (Å²) in [4.78, 5) is 11.9. The third kappa shape index (κ3) is 6.05. The molecule has 1 aliphatic carbocycles. The number of carbonyl (C=O) groups is 1. The standard InChI is InChI=1S/C12H23NO3S/c1-10(9-17(2,15)16)13-12(14)11-7-5-3-4-6-8-11/h10-11H,3-9H2,1-2H3,(H,13,14)/t10-/m0/s1. The monoisotopic (exact) mass is 261 g/mol. The van der Waals surface area contributed by atoms with Gasteiger partial charge in [0.2, 0.25) is 5.91 Å². The van der Waals surface area contributed by atoms with Crippen molar-refractivity contribution in [3.63, 3.8) is 0 Å². The summed E-state index contributed by atoms with van der Waals surface area (Å²) in [5.41, 5.74) is 0. The van der Waals surface area contributed by atoms with Gasteiger partial charge in [-0.05, 0) is 19.8 Å². The lowest BCUT2D eigenvalue weighted by Crippen LogP contribution is -2.40. The van der Waals surface area contributed by atoms with Gasteiger partial charge in [0.1, 0.15) is 9.84 Å². The molecule has 1 atom stereocenters. The van der Waals surface area contributed by atoms with E-state index in [4.69, 9.17) is 0 Å². The molecule has 0 spiro atoms. The highest BCUT2D eigenvalue weighted by Crippen LogP contribution is 2.22. The summed E-state index contributed by atoms with van der Waals surface area (Å²) in [5.74, 6) is 0.133. The van der Waals surface area contributed by atoms with Gasteiger partial charge in [0.25, 0.3) is 0 Å². The van der Waals surface area contributed by atoms with Gasteiger partial charge in [0, 0.05) is 18.2 Å². The minimum Gasteiger partial charge on any atom is -0.352 e. The molecule has 1 aliphatic rings. The van der Waals surface area contributed by atoms with Gasteiger partial charge in [-0.15, -0.1) is 0 Å². The van der Waals surface area contributed by atoms with Crippen LogP contribution in [0.15, 0.2) is 0 Å². The summed E-state index contributed by atoms with van der Waals surface area (Å²) in [6.45, 7) is 1.75. The zero-order valence-electron chi connectivity index (χ0n) is 10.7. The summed E-state index contributed by atoms with van der Waals surface area (Å²) >= 11 is 0. The number of hydrogen-bond donors (Lipinski definition) is 1. The van der Waals surface area contributed by atoms with Crippen molar-refractivity contribution >= 4 is 15.7 Å². The van der Waals surface area contributed by atoms with Gasteiger partial charge in [0.15, 0.2) is 0 Å². The number of carbonyl (C=O) groups excluding carboxylic acids is 1. The van der Waals surface area contributed by atoms with Gasteiger partial charge in [-0.25, -0.2) is 8.42 Å². The third-order valence-electron chi connectivity index (χ3n) is 3.17. The van der Waals surface area contributed by atoms with Crippen molar-refractivity contribution in [1.82, 2.24) is 5.32 Å². The van der Waals surface area contributed by atoms with Crippen LogP contribution in [-0.2, 0) is 14.6 Å². The normalized spacial score (nSPS) is 20.6. The molecule has 1 N–H and O–H groups in total. The molecule has 5 heteroatoms. The van der Waals surface area contributed by atoms with Crippen molar-refractivity contribution in [2.24, 2.45) is 5.92 Å². The molecule has 100 valence electrons. The Bertz CT molecular complexity index is 343. The molecule has 0 aromatic carbocycles. The summed E-state index contributed by atoms with van der Waals surface area (Å²) in [6, 6.07) is -0.291. The molecule has 4 nitrogen and oxygen atoms in total. The van der Waals surface area contributed by atoms with Crippen LogP contribution in [0.4, 0.5) is 0 Å². The van der Waals surface area contributed by atoms with Crippen LogP contribution >= 0.6 is 0 Å². The molecular weight excluding hydrogens is 238 g/mol. The van der Waals surface area contributed by atoms with E-state index in [1.807, 2.05) is 0 Å². The van der Waals surface area contributed by atoms with E-state index in [-0.39, 0.29) is 23.6 Å². The van der Waals surface area contributed by atoms with Crippen molar-refractivity contribution in [3.8, 4) is 0 Å². The fraction of sp³-hybridized carbons (Fsp3) is 0.917. The molecule has 0 bridgehead atoms. The molecule has 0 saturated heterocycles. The summed E-state index contributed by atoms with van der Waals surface area (Å²) in [7, 11) is -3.02. The van der Waals surface area contributed by atoms with E-state index in [0.717, 1.165) is 25.7 Å². The molecule has 17 heavy (non-hydrogen) atoms. The van der Waals surface area contributed by atoms with E-state index >= 15 is 0 Å². The number of hydrogen-bond acceptors (Lipinski definition) is 3. The van der Waals surface area contributed by atoms with Crippen molar-refractivity contribution in [3.05, 3.63) is 0 Å². The predicted molar refractivity (Wildman–Crippen MR) is 68.5 cm³/mol. The quantitative estimate of drug-likeness (QED) is 0.780. The molecule has 0 aromatic rings. The SMILES string of the molecule is C[C@@H](CS(C)(=O)=O)NC(=O)C1CCCCCC1. The minimum atomic E-state index is -3.02. The maximum Gasteiger partial charge on any atom is 0.223 e. The molecule has 1 rings (SSSR count). The Morgan fingerprint density at radius 2 is 1.76 bits per heavy atom.